The van der Waals surface area contributed by atoms with Crippen LogP contribution in [0.3, 0.4) is 0 Å². The Bertz CT molecular complexity index is 479. The van der Waals surface area contributed by atoms with E-state index in [0.29, 0.717) is 6.61 Å². The fraction of sp³-hybridized carbons (Fsp3) is 0.588. The van der Waals surface area contributed by atoms with Gasteiger partial charge in [0.2, 0.25) is 0 Å². The Kier molecular flexibility index (Phi) is 6.21. The predicted octanol–water partition coefficient (Wildman–Crippen LogP) is 1.45. The summed E-state index contributed by atoms with van der Waals surface area (Å²) in [6, 6.07) is 8.46. The van der Waals surface area contributed by atoms with Gasteiger partial charge in [-0.3, -0.25) is 4.99 Å². The highest BCUT2D eigenvalue weighted by molar-refractivity contribution is 5.79. The lowest BCUT2D eigenvalue weighted by atomic mass is 9.84. The van der Waals surface area contributed by atoms with Crippen LogP contribution in [0.2, 0.25) is 0 Å². The van der Waals surface area contributed by atoms with Crippen molar-refractivity contribution in [2.45, 2.75) is 26.3 Å². The van der Waals surface area contributed by atoms with E-state index >= 15 is 0 Å². The monoisotopic (exact) mass is 305 g/mol. The normalized spacial score (nSPS) is 21.9. The zero-order chi connectivity index (χ0) is 15.8. The number of hydrogen-bond acceptors (Lipinski definition) is 3. The summed E-state index contributed by atoms with van der Waals surface area (Å²) in [7, 11) is 1.77. The Labute approximate surface area is 132 Å². The molecule has 122 valence electrons. The summed E-state index contributed by atoms with van der Waals surface area (Å²) in [6.45, 7) is 5.26. The van der Waals surface area contributed by atoms with E-state index in [1.807, 2.05) is 0 Å². The molecule has 0 radical (unpaired) electrons. The molecule has 1 aliphatic rings. The van der Waals surface area contributed by atoms with E-state index in [4.69, 9.17) is 4.74 Å². The molecule has 1 aliphatic heterocycles. The van der Waals surface area contributed by atoms with Gasteiger partial charge in [-0.15, -0.1) is 0 Å². The van der Waals surface area contributed by atoms with Gasteiger partial charge >= 0.3 is 0 Å². The van der Waals surface area contributed by atoms with Gasteiger partial charge in [0.15, 0.2) is 5.96 Å². The predicted molar refractivity (Wildman–Crippen MR) is 89.0 cm³/mol. The lowest BCUT2D eigenvalue weighted by molar-refractivity contribution is 0.127. The van der Waals surface area contributed by atoms with Crippen molar-refractivity contribution < 1.29 is 9.84 Å². The number of aliphatic hydroxyl groups is 1. The van der Waals surface area contributed by atoms with Crippen LogP contribution in [0.15, 0.2) is 29.3 Å². The van der Waals surface area contributed by atoms with Crippen molar-refractivity contribution in [1.29, 1.82) is 0 Å². The lowest BCUT2D eigenvalue weighted by Gasteiger charge is -2.27. The average molecular weight is 305 g/mol. The maximum atomic E-state index is 9.26. The van der Waals surface area contributed by atoms with Crippen molar-refractivity contribution in [2.75, 3.05) is 33.4 Å². The SMILES string of the molecule is CN=C(NCc1ccc(C)cc1)NCC1(CCO)CCOC1. The van der Waals surface area contributed by atoms with E-state index in [1.165, 1.54) is 11.1 Å². The van der Waals surface area contributed by atoms with Gasteiger partial charge in [0.05, 0.1) is 6.61 Å². The standard InChI is InChI=1S/C17H27N3O2/c1-14-3-5-15(6-4-14)11-19-16(18-2)20-12-17(7-9-21)8-10-22-13-17/h3-6,21H,7-13H2,1-2H3,(H2,18,19,20). The highest BCUT2D eigenvalue weighted by Gasteiger charge is 2.34. The molecule has 0 spiro atoms. The molecule has 1 saturated heterocycles. The quantitative estimate of drug-likeness (QED) is 0.550. The van der Waals surface area contributed by atoms with Crippen LogP contribution < -0.4 is 10.6 Å². The van der Waals surface area contributed by atoms with Crippen molar-refractivity contribution >= 4 is 5.96 Å². The summed E-state index contributed by atoms with van der Waals surface area (Å²) in [5.41, 5.74) is 2.51. The molecule has 0 saturated carbocycles. The number of guanidine groups is 1. The zero-order valence-electron chi connectivity index (χ0n) is 13.6. The van der Waals surface area contributed by atoms with Gasteiger partial charge < -0.3 is 20.5 Å². The third kappa shape index (κ3) is 4.71. The van der Waals surface area contributed by atoms with E-state index in [2.05, 4.69) is 46.8 Å². The van der Waals surface area contributed by atoms with Gasteiger partial charge in [-0.1, -0.05) is 29.8 Å². The van der Waals surface area contributed by atoms with Crippen molar-refractivity contribution in [3.63, 3.8) is 0 Å². The number of aliphatic imine (C=N–C) groups is 1. The Morgan fingerprint density at radius 3 is 2.68 bits per heavy atom. The van der Waals surface area contributed by atoms with Crippen LogP contribution >= 0.6 is 0 Å². The van der Waals surface area contributed by atoms with Gasteiger partial charge in [-0.2, -0.15) is 0 Å². The number of benzene rings is 1. The molecule has 5 heteroatoms. The smallest absolute Gasteiger partial charge is 0.191 e. The molecule has 1 aromatic carbocycles. The Morgan fingerprint density at radius 2 is 2.09 bits per heavy atom. The van der Waals surface area contributed by atoms with Gasteiger partial charge in [-0.25, -0.2) is 0 Å². The first-order valence-corrected chi connectivity index (χ1v) is 7.86. The molecule has 0 aliphatic carbocycles. The molecule has 0 bridgehead atoms. The van der Waals surface area contributed by atoms with Crippen LogP contribution in [0.5, 0.6) is 0 Å². The van der Waals surface area contributed by atoms with Gasteiger partial charge in [0.1, 0.15) is 0 Å². The summed E-state index contributed by atoms with van der Waals surface area (Å²) in [5, 5.41) is 15.9. The van der Waals surface area contributed by atoms with Crippen molar-refractivity contribution in [3.8, 4) is 0 Å². The molecule has 2 rings (SSSR count). The van der Waals surface area contributed by atoms with Gasteiger partial charge in [-0.05, 0) is 25.3 Å². The Hall–Kier alpha value is -1.59. The maximum absolute atomic E-state index is 9.26. The lowest BCUT2D eigenvalue weighted by Crippen LogP contribution is -2.44. The second-order valence-electron chi connectivity index (χ2n) is 6.04. The molecular weight excluding hydrogens is 278 g/mol. The number of nitrogens with zero attached hydrogens (tertiary/aromatic N) is 1. The van der Waals surface area contributed by atoms with E-state index in [9.17, 15) is 5.11 Å². The number of hydrogen-bond donors (Lipinski definition) is 3. The molecule has 1 atom stereocenters. The van der Waals surface area contributed by atoms with E-state index < -0.39 is 0 Å². The van der Waals surface area contributed by atoms with E-state index in [1.54, 1.807) is 7.05 Å². The van der Waals surface area contributed by atoms with Gasteiger partial charge in [0.25, 0.3) is 0 Å². The summed E-state index contributed by atoms with van der Waals surface area (Å²) in [4.78, 5) is 4.26. The number of nitrogens with one attached hydrogen (secondary N) is 2. The summed E-state index contributed by atoms with van der Waals surface area (Å²) in [5.74, 6) is 0.782. The minimum absolute atomic E-state index is 0.0240. The number of aryl methyl sites for hydroxylation is 1. The minimum atomic E-state index is 0.0240. The van der Waals surface area contributed by atoms with E-state index in [0.717, 1.165) is 38.5 Å². The first-order valence-electron chi connectivity index (χ1n) is 7.86. The summed E-state index contributed by atoms with van der Waals surface area (Å²) in [6.07, 6.45) is 1.74. The summed E-state index contributed by atoms with van der Waals surface area (Å²) >= 11 is 0. The molecule has 1 aromatic rings. The van der Waals surface area contributed by atoms with Crippen molar-refractivity contribution in [2.24, 2.45) is 10.4 Å². The molecule has 0 amide bonds. The molecule has 1 heterocycles. The second-order valence-corrected chi connectivity index (χ2v) is 6.04. The zero-order valence-corrected chi connectivity index (χ0v) is 13.6. The highest BCUT2D eigenvalue weighted by atomic mass is 16.5. The van der Waals surface area contributed by atoms with Crippen LogP contribution in [-0.4, -0.2) is 44.5 Å². The molecule has 22 heavy (non-hydrogen) atoms. The molecule has 3 N–H and O–H groups in total. The Morgan fingerprint density at radius 1 is 1.32 bits per heavy atom. The van der Waals surface area contributed by atoms with Crippen LogP contribution in [0.1, 0.15) is 24.0 Å². The number of rotatable bonds is 6. The van der Waals surface area contributed by atoms with Crippen molar-refractivity contribution in [3.05, 3.63) is 35.4 Å². The third-order valence-corrected chi connectivity index (χ3v) is 4.26. The number of ether oxygens (including phenoxy) is 1. The van der Waals surface area contributed by atoms with Gasteiger partial charge in [0, 0.05) is 38.8 Å². The minimum Gasteiger partial charge on any atom is -0.396 e. The largest absolute Gasteiger partial charge is 0.396 e. The van der Waals surface area contributed by atoms with Crippen LogP contribution in [-0.2, 0) is 11.3 Å². The Balaban J connectivity index is 1.83. The van der Waals surface area contributed by atoms with Crippen molar-refractivity contribution in [1.82, 2.24) is 10.6 Å². The molecular formula is C17H27N3O2. The maximum Gasteiger partial charge on any atom is 0.191 e. The number of aliphatic hydroxyl groups excluding tert-OH is 1. The molecule has 5 nitrogen and oxygen atoms in total. The van der Waals surface area contributed by atoms with Crippen LogP contribution in [0.25, 0.3) is 0 Å². The highest BCUT2D eigenvalue weighted by Crippen LogP contribution is 2.31. The third-order valence-electron chi connectivity index (χ3n) is 4.26. The van der Waals surface area contributed by atoms with E-state index in [-0.39, 0.29) is 12.0 Å². The van der Waals surface area contributed by atoms with Crippen LogP contribution in [0.4, 0.5) is 0 Å². The molecule has 1 fully saturated rings. The fourth-order valence-corrected chi connectivity index (χ4v) is 2.70. The topological polar surface area (TPSA) is 65.9 Å². The summed E-state index contributed by atoms with van der Waals surface area (Å²) < 4.78 is 5.51. The molecule has 0 aromatic heterocycles. The van der Waals surface area contributed by atoms with Crippen LogP contribution in [0, 0.1) is 12.3 Å². The second kappa shape index (κ2) is 8.15. The average Bonchev–Trinajstić information content (AvgIpc) is 2.98. The first-order chi connectivity index (χ1) is 10.7. The first kappa shape index (κ1) is 16.8. The fourth-order valence-electron chi connectivity index (χ4n) is 2.70. The molecule has 1 unspecified atom stereocenters.